The monoisotopic (exact) mass is 329 g/mol. The van der Waals surface area contributed by atoms with Gasteiger partial charge >= 0.3 is 10.3 Å². The Morgan fingerprint density at radius 1 is 1.23 bits per heavy atom. The molecular weight excluding hydrogens is 306 g/mol. The van der Waals surface area contributed by atoms with Gasteiger partial charge in [0, 0.05) is 6.54 Å². The van der Waals surface area contributed by atoms with Gasteiger partial charge in [-0.05, 0) is 30.9 Å². The highest BCUT2D eigenvalue weighted by atomic mass is 32.2. The molecule has 0 bridgehead atoms. The Morgan fingerprint density at radius 2 is 1.86 bits per heavy atom. The fraction of sp³-hybridized carbons (Fsp3) is 0.600. The molecule has 22 heavy (non-hydrogen) atoms. The quantitative estimate of drug-likeness (QED) is 0.783. The average Bonchev–Trinajstić information content (AvgIpc) is 2.85. The molecule has 2 unspecified atom stereocenters. The van der Waals surface area contributed by atoms with Crippen LogP contribution in [0.3, 0.4) is 0 Å². The van der Waals surface area contributed by atoms with E-state index in [4.69, 9.17) is 14.0 Å². The first-order chi connectivity index (χ1) is 10.3. The van der Waals surface area contributed by atoms with E-state index in [1.807, 2.05) is 45.0 Å². The van der Waals surface area contributed by atoms with Crippen molar-refractivity contribution in [2.24, 2.45) is 0 Å². The van der Waals surface area contributed by atoms with Gasteiger partial charge < -0.3 is 9.47 Å². The summed E-state index contributed by atoms with van der Waals surface area (Å²) in [7, 11) is -4.26. The summed E-state index contributed by atoms with van der Waals surface area (Å²) in [6.45, 7) is 5.87. The summed E-state index contributed by atoms with van der Waals surface area (Å²) < 4.78 is 45.0. The van der Waals surface area contributed by atoms with Crippen LogP contribution < -0.4 is 4.72 Å². The first kappa shape index (κ1) is 17.4. The van der Waals surface area contributed by atoms with Crippen LogP contribution in [0.4, 0.5) is 0 Å². The molecular formula is C15H23NO5S. The molecule has 1 saturated heterocycles. The van der Waals surface area contributed by atoms with Crippen molar-refractivity contribution in [3.05, 3.63) is 35.4 Å². The molecule has 6 nitrogen and oxygen atoms in total. The van der Waals surface area contributed by atoms with E-state index in [9.17, 15) is 8.42 Å². The minimum atomic E-state index is -4.26. The molecule has 0 spiro atoms. The Kier molecular flexibility index (Phi) is 5.24. The largest absolute Gasteiger partial charge is 0.342 e. The molecule has 0 amide bonds. The fourth-order valence-corrected chi connectivity index (χ4v) is 3.14. The molecule has 0 radical (unpaired) electrons. The Hall–Kier alpha value is -0.990. The van der Waals surface area contributed by atoms with E-state index in [0.29, 0.717) is 12.8 Å². The van der Waals surface area contributed by atoms with Crippen LogP contribution in [-0.4, -0.2) is 31.4 Å². The summed E-state index contributed by atoms with van der Waals surface area (Å²) in [5, 5.41) is 0. The van der Waals surface area contributed by atoms with E-state index in [0.717, 1.165) is 11.1 Å². The number of ether oxygens (including phenoxy) is 2. The third-order valence-corrected chi connectivity index (χ3v) is 4.62. The SMILES string of the molecule is CCC1(CC)OC(CNS(=O)(=O)O)C(c2ccccc2C)O1. The molecule has 124 valence electrons. The van der Waals surface area contributed by atoms with Crippen molar-refractivity contribution in [1.82, 2.24) is 4.72 Å². The molecule has 1 aliphatic rings. The summed E-state index contributed by atoms with van der Waals surface area (Å²) in [4.78, 5) is 0. The summed E-state index contributed by atoms with van der Waals surface area (Å²) in [5.41, 5.74) is 2.02. The van der Waals surface area contributed by atoms with E-state index in [1.165, 1.54) is 0 Å². The van der Waals surface area contributed by atoms with Crippen LogP contribution in [0.5, 0.6) is 0 Å². The zero-order valence-corrected chi connectivity index (χ0v) is 13.9. The topological polar surface area (TPSA) is 84.9 Å². The Bertz CT molecular complexity index is 612. The predicted octanol–water partition coefficient (Wildman–Crippen LogP) is 2.36. The summed E-state index contributed by atoms with van der Waals surface area (Å²) >= 11 is 0. The van der Waals surface area contributed by atoms with Gasteiger partial charge in [-0.2, -0.15) is 13.1 Å². The van der Waals surface area contributed by atoms with E-state index in [2.05, 4.69) is 4.72 Å². The third-order valence-electron chi connectivity index (χ3n) is 4.08. The number of hydrogen-bond acceptors (Lipinski definition) is 4. The van der Waals surface area contributed by atoms with Crippen LogP contribution in [0.15, 0.2) is 24.3 Å². The van der Waals surface area contributed by atoms with Crippen molar-refractivity contribution in [3.8, 4) is 0 Å². The highest BCUT2D eigenvalue weighted by molar-refractivity contribution is 7.83. The lowest BCUT2D eigenvalue weighted by Gasteiger charge is -2.25. The van der Waals surface area contributed by atoms with Crippen molar-refractivity contribution in [2.45, 2.75) is 51.6 Å². The van der Waals surface area contributed by atoms with Crippen LogP contribution >= 0.6 is 0 Å². The molecule has 0 aliphatic carbocycles. The first-order valence-electron chi connectivity index (χ1n) is 7.43. The zero-order valence-electron chi connectivity index (χ0n) is 13.1. The standard InChI is InChI=1S/C15H23NO5S/c1-4-15(5-2)20-13(10-16-22(17,18)19)14(21-15)12-9-7-6-8-11(12)3/h6-9,13-14,16H,4-5,10H2,1-3H3,(H,17,18,19). The molecule has 0 aromatic heterocycles. The van der Waals surface area contributed by atoms with E-state index in [1.54, 1.807) is 0 Å². The van der Waals surface area contributed by atoms with Gasteiger partial charge in [0.25, 0.3) is 0 Å². The van der Waals surface area contributed by atoms with Crippen LogP contribution in [0.1, 0.15) is 43.9 Å². The average molecular weight is 329 g/mol. The second-order valence-electron chi connectivity index (χ2n) is 5.49. The molecule has 1 aliphatic heterocycles. The summed E-state index contributed by atoms with van der Waals surface area (Å²) in [5.74, 6) is -0.724. The maximum absolute atomic E-state index is 10.9. The lowest BCUT2D eigenvalue weighted by Crippen LogP contribution is -2.36. The van der Waals surface area contributed by atoms with Gasteiger partial charge in [0.15, 0.2) is 5.79 Å². The van der Waals surface area contributed by atoms with E-state index < -0.39 is 22.2 Å². The second-order valence-corrected chi connectivity index (χ2v) is 6.73. The normalized spacial score (nSPS) is 24.5. The van der Waals surface area contributed by atoms with Gasteiger partial charge in [0.2, 0.25) is 0 Å². The molecule has 1 heterocycles. The number of aryl methyl sites for hydroxylation is 1. The number of benzene rings is 1. The minimum absolute atomic E-state index is 0.0421. The first-order valence-corrected chi connectivity index (χ1v) is 8.87. The fourth-order valence-electron chi connectivity index (χ4n) is 2.76. The smallest absolute Gasteiger partial charge is 0.333 e. The van der Waals surface area contributed by atoms with Crippen molar-refractivity contribution in [3.63, 3.8) is 0 Å². The van der Waals surface area contributed by atoms with E-state index in [-0.39, 0.29) is 12.6 Å². The number of rotatable bonds is 6. The predicted molar refractivity (Wildman–Crippen MR) is 82.7 cm³/mol. The van der Waals surface area contributed by atoms with Gasteiger partial charge in [-0.15, -0.1) is 0 Å². The van der Waals surface area contributed by atoms with Crippen molar-refractivity contribution >= 4 is 10.3 Å². The Morgan fingerprint density at radius 3 is 2.41 bits per heavy atom. The molecule has 1 aromatic carbocycles. The van der Waals surface area contributed by atoms with Crippen molar-refractivity contribution in [1.29, 1.82) is 0 Å². The third kappa shape index (κ3) is 3.85. The lowest BCUT2D eigenvalue weighted by molar-refractivity contribution is -0.179. The van der Waals surface area contributed by atoms with Gasteiger partial charge in [0.05, 0.1) is 0 Å². The molecule has 7 heteroatoms. The van der Waals surface area contributed by atoms with Gasteiger partial charge in [-0.25, -0.2) is 0 Å². The van der Waals surface area contributed by atoms with Gasteiger partial charge in [-0.3, -0.25) is 4.55 Å². The molecule has 1 aromatic rings. The van der Waals surface area contributed by atoms with Gasteiger partial charge in [0.1, 0.15) is 12.2 Å². The van der Waals surface area contributed by atoms with Crippen molar-refractivity contribution in [2.75, 3.05) is 6.54 Å². The number of hydrogen-bond donors (Lipinski definition) is 2. The van der Waals surface area contributed by atoms with Gasteiger partial charge in [-0.1, -0.05) is 38.1 Å². The zero-order chi connectivity index (χ0) is 16.4. The summed E-state index contributed by atoms with van der Waals surface area (Å²) in [6, 6.07) is 7.78. The lowest BCUT2D eigenvalue weighted by atomic mass is 10.00. The van der Waals surface area contributed by atoms with Crippen LogP contribution in [0.25, 0.3) is 0 Å². The molecule has 0 saturated carbocycles. The van der Waals surface area contributed by atoms with Crippen molar-refractivity contribution < 1.29 is 22.4 Å². The Balaban J connectivity index is 2.29. The second kappa shape index (κ2) is 6.64. The van der Waals surface area contributed by atoms with Crippen LogP contribution in [0.2, 0.25) is 0 Å². The molecule has 2 N–H and O–H groups in total. The molecule has 2 rings (SSSR count). The maximum Gasteiger partial charge on any atom is 0.333 e. The summed E-state index contributed by atoms with van der Waals surface area (Å²) in [6.07, 6.45) is 0.445. The Labute approximate surface area is 131 Å². The van der Waals surface area contributed by atoms with Crippen LogP contribution in [0, 0.1) is 6.92 Å². The highest BCUT2D eigenvalue weighted by Gasteiger charge is 2.46. The number of nitrogens with one attached hydrogen (secondary N) is 1. The molecule has 1 fully saturated rings. The maximum atomic E-state index is 10.9. The highest BCUT2D eigenvalue weighted by Crippen LogP contribution is 2.42. The van der Waals surface area contributed by atoms with E-state index >= 15 is 0 Å². The molecule has 2 atom stereocenters. The minimum Gasteiger partial charge on any atom is -0.342 e. The van der Waals surface area contributed by atoms with Crippen LogP contribution in [-0.2, 0) is 19.8 Å².